The number of morpholine rings is 1. The second-order valence-corrected chi connectivity index (χ2v) is 7.97. The molecule has 0 saturated carbocycles. The summed E-state index contributed by atoms with van der Waals surface area (Å²) in [6.07, 6.45) is -1.05. The monoisotopic (exact) mass is 477 g/mol. The van der Waals surface area contributed by atoms with Gasteiger partial charge in [0.25, 0.3) is 0 Å². The molecule has 0 amide bonds. The van der Waals surface area contributed by atoms with Crippen molar-refractivity contribution in [1.29, 1.82) is 0 Å². The summed E-state index contributed by atoms with van der Waals surface area (Å²) in [4.78, 5) is 2.05. The molecule has 146 valence electrons. The number of benzene rings is 2. The standard InChI is InChI=1S/C19H19BrCl2FNO3/c20-14-3-1-2-4-18(14)27-11-12(25)9-24-5-6-26-19(10-24)13-7-17(23)16(22)8-15(13)21/h1-4,7-8,12,19,25H,5-6,9-11H2. The first kappa shape index (κ1) is 20.8. The third kappa shape index (κ3) is 5.56. The summed E-state index contributed by atoms with van der Waals surface area (Å²) in [5, 5.41) is 10.7. The number of aliphatic hydroxyl groups is 1. The van der Waals surface area contributed by atoms with Gasteiger partial charge in [0.05, 0.1) is 22.2 Å². The molecular formula is C19H19BrCl2FNO3. The topological polar surface area (TPSA) is 41.9 Å². The van der Waals surface area contributed by atoms with Crippen LogP contribution in [0, 0.1) is 5.82 Å². The third-order valence-corrected chi connectivity index (χ3v) is 5.55. The van der Waals surface area contributed by atoms with Crippen LogP contribution in [0.15, 0.2) is 40.9 Å². The van der Waals surface area contributed by atoms with Crippen LogP contribution in [0.4, 0.5) is 4.39 Å². The summed E-state index contributed by atoms with van der Waals surface area (Å²) in [6.45, 7) is 2.20. The van der Waals surface area contributed by atoms with Crippen molar-refractivity contribution < 1.29 is 19.0 Å². The van der Waals surface area contributed by atoms with Crippen LogP contribution in [0.5, 0.6) is 5.75 Å². The van der Waals surface area contributed by atoms with Crippen molar-refractivity contribution in [1.82, 2.24) is 4.90 Å². The van der Waals surface area contributed by atoms with E-state index in [-0.39, 0.29) is 17.7 Å². The van der Waals surface area contributed by atoms with Crippen molar-refractivity contribution in [2.75, 3.05) is 32.8 Å². The summed E-state index contributed by atoms with van der Waals surface area (Å²) < 4.78 is 26.0. The molecule has 1 heterocycles. The lowest BCUT2D eigenvalue weighted by Crippen LogP contribution is -2.43. The van der Waals surface area contributed by atoms with Gasteiger partial charge in [0.15, 0.2) is 0 Å². The SMILES string of the molecule is OC(COc1ccccc1Br)CN1CCOC(c2cc(F)c(Cl)cc2Cl)C1. The van der Waals surface area contributed by atoms with Crippen molar-refractivity contribution >= 4 is 39.1 Å². The van der Waals surface area contributed by atoms with Crippen LogP contribution in [0.2, 0.25) is 10.0 Å². The van der Waals surface area contributed by atoms with Crippen LogP contribution in [0.3, 0.4) is 0 Å². The highest BCUT2D eigenvalue weighted by molar-refractivity contribution is 9.10. The first-order chi connectivity index (χ1) is 12.9. The molecule has 27 heavy (non-hydrogen) atoms. The lowest BCUT2D eigenvalue weighted by Gasteiger charge is -2.34. The van der Waals surface area contributed by atoms with Gasteiger partial charge in [0.1, 0.15) is 24.3 Å². The van der Waals surface area contributed by atoms with Gasteiger partial charge in [-0.05, 0) is 40.2 Å². The zero-order valence-electron chi connectivity index (χ0n) is 14.4. The molecule has 4 nitrogen and oxygen atoms in total. The molecule has 2 atom stereocenters. The number of hydrogen-bond acceptors (Lipinski definition) is 4. The number of nitrogens with zero attached hydrogens (tertiary/aromatic N) is 1. The van der Waals surface area contributed by atoms with Crippen molar-refractivity contribution in [3.05, 3.63) is 62.3 Å². The number of rotatable bonds is 6. The van der Waals surface area contributed by atoms with E-state index < -0.39 is 11.9 Å². The summed E-state index contributed by atoms with van der Waals surface area (Å²) in [5.41, 5.74) is 0.558. The average molecular weight is 479 g/mol. The minimum absolute atomic E-state index is 0.0175. The second-order valence-electron chi connectivity index (χ2n) is 6.30. The Hall–Kier alpha value is -0.890. The van der Waals surface area contributed by atoms with Gasteiger partial charge in [-0.2, -0.15) is 0 Å². The van der Waals surface area contributed by atoms with Crippen LogP contribution in [-0.4, -0.2) is 49.0 Å². The van der Waals surface area contributed by atoms with E-state index in [4.69, 9.17) is 32.7 Å². The van der Waals surface area contributed by atoms with Gasteiger partial charge >= 0.3 is 0 Å². The van der Waals surface area contributed by atoms with Crippen molar-refractivity contribution in [2.45, 2.75) is 12.2 Å². The van der Waals surface area contributed by atoms with Crippen molar-refractivity contribution in [3.63, 3.8) is 0 Å². The molecule has 3 rings (SSSR count). The van der Waals surface area contributed by atoms with Crippen LogP contribution >= 0.6 is 39.1 Å². The fourth-order valence-corrected chi connectivity index (χ4v) is 3.84. The maximum Gasteiger partial charge on any atom is 0.142 e. The molecule has 0 aliphatic carbocycles. The smallest absolute Gasteiger partial charge is 0.142 e. The third-order valence-electron chi connectivity index (χ3n) is 4.27. The largest absolute Gasteiger partial charge is 0.490 e. The highest BCUT2D eigenvalue weighted by atomic mass is 79.9. The lowest BCUT2D eigenvalue weighted by atomic mass is 10.1. The Labute approximate surface area is 175 Å². The van der Waals surface area contributed by atoms with E-state index in [1.54, 1.807) is 0 Å². The van der Waals surface area contributed by atoms with E-state index in [2.05, 4.69) is 15.9 Å². The molecular weight excluding hydrogens is 460 g/mol. The molecule has 1 fully saturated rings. The summed E-state index contributed by atoms with van der Waals surface area (Å²) >= 11 is 15.4. The lowest BCUT2D eigenvalue weighted by molar-refractivity contribution is -0.0460. The molecule has 1 aliphatic rings. The quantitative estimate of drug-likeness (QED) is 0.610. The van der Waals surface area contributed by atoms with E-state index in [1.165, 1.54) is 12.1 Å². The van der Waals surface area contributed by atoms with Crippen molar-refractivity contribution in [3.8, 4) is 5.75 Å². The van der Waals surface area contributed by atoms with E-state index in [9.17, 15) is 9.50 Å². The number of aliphatic hydroxyl groups excluding tert-OH is 1. The Morgan fingerprint density at radius 1 is 1.30 bits per heavy atom. The van der Waals surface area contributed by atoms with E-state index >= 15 is 0 Å². The predicted molar refractivity (Wildman–Crippen MR) is 107 cm³/mol. The zero-order valence-corrected chi connectivity index (χ0v) is 17.5. The van der Waals surface area contributed by atoms with Crippen LogP contribution in [-0.2, 0) is 4.74 Å². The number of β-amino-alcohol motifs (C(OH)–C–C–N with tert-alkyl or cyclic N) is 1. The fraction of sp³-hybridized carbons (Fsp3) is 0.368. The maximum absolute atomic E-state index is 13.8. The van der Waals surface area contributed by atoms with Crippen LogP contribution < -0.4 is 4.74 Å². The van der Waals surface area contributed by atoms with Gasteiger partial charge < -0.3 is 14.6 Å². The summed E-state index contributed by atoms with van der Waals surface area (Å²) in [5.74, 6) is 0.151. The van der Waals surface area contributed by atoms with Gasteiger partial charge in [0.2, 0.25) is 0 Å². The summed E-state index contributed by atoms with van der Waals surface area (Å²) in [6, 6.07) is 10.2. The van der Waals surface area contributed by atoms with E-state index in [0.29, 0.717) is 42.6 Å². The maximum atomic E-state index is 13.8. The molecule has 2 aromatic carbocycles. The number of hydrogen-bond donors (Lipinski definition) is 1. The minimum Gasteiger partial charge on any atom is -0.490 e. The minimum atomic E-state index is -0.673. The van der Waals surface area contributed by atoms with Gasteiger partial charge in [-0.3, -0.25) is 4.90 Å². The highest BCUT2D eigenvalue weighted by Gasteiger charge is 2.26. The van der Waals surface area contributed by atoms with Crippen LogP contribution in [0.1, 0.15) is 11.7 Å². The number of halogens is 4. The first-order valence-electron chi connectivity index (χ1n) is 8.48. The first-order valence-corrected chi connectivity index (χ1v) is 10.0. The van der Waals surface area contributed by atoms with Gasteiger partial charge in [-0.25, -0.2) is 4.39 Å². The Bertz CT molecular complexity index is 796. The Morgan fingerprint density at radius 2 is 2.07 bits per heavy atom. The Kier molecular flexibility index (Phi) is 7.36. The molecule has 1 saturated heterocycles. The van der Waals surface area contributed by atoms with E-state index in [0.717, 1.165) is 4.47 Å². The number of para-hydroxylation sites is 1. The van der Waals surface area contributed by atoms with Gasteiger partial charge in [0, 0.05) is 30.2 Å². The molecule has 2 aromatic rings. The second kappa shape index (κ2) is 9.54. The summed E-state index contributed by atoms with van der Waals surface area (Å²) in [7, 11) is 0. The average Bonchev–Trinajstić information content (AvgIpc) is 2.64. The van der Waals surface area contributed by atoms with Gasteiger partial charge in [-0.15, -0.1) is 0 Å². The number of ether oxygens (including phenoxy) is 2. The normalized spacial score (nSPS) is 19.1. The Morgan fingerprint density at radius 3 is 2.85 bits per heavy atom. The van der Waals surface area contributed by atoms with Crippen LogP contribution in [0.25, 0.3) is 0 Å². The van der Waals surface area contributed by atoms with Crippen molar-refractivity contribution in [2.24, 2.45) is 0 Å². The molecule has 0 aromatic heterocycles. The molecule has 0 bridgehead atoms. The molecule has 8 heteroatoms. The molecule has 2 unspecified atom stereocenters. The molecule has 1 N–H and O–H groups in total. The van der Waals surface area contributed by atoms with E-state index in [1.807, 2.05) is 29.2 Å². The molecule has 0 radical (unpaired) electrons. The molecule has 0 spiro atoms. The molecule has 1 aliphatic heterocycles. The zero-order chi connectivity index (χ0) is 19.4. The Balaban J connectivity index is 1.56. The highest BCUT2D eigenvalue weighted by Crippen LogP contribution is 2.32. The predicted octanol–water partition coefficient (Wildman–Crippen LogP) is 4.71. The van der Waals surface area contributed by atoms with Gasteiger partial charge in [-0.1, -0.05) is 35.3 Å². The fourth-order valence-electron chi connectivity index (χ4n) is 2.94.